The lowest BCUT2D eigenvalue weighted by Gasteiger charge is -2.09. The van der Waals surface area contributed by atoms with Gasteiger partial charge < -0.3 is 14.5 Å². The molecule has 0 spiro atoms. The van der Waals surface area contributed by atoms with E-state index < -0.39 is 0 Å². The maximum Gasteiger partial charge on any atom is 0.256 e. The Kier molecular flexibility index (Phi) is 4.92. The zero-order valence-corrected chi connectivity index (χ0v) is 17.3. The highest BCUT2D eigenvalue weighted by Gasteiger charge is 2.24. The van der Waals surface area contributed by atoms with Gasteiger partial charge in [0.05, 0.1) is 12.8 Å². The van der Waals surface area contributed by atoms with Crippen LogP contribution in [0.3, 0.4) is 0 Å². The van der Waals surface area contributed by atoms with Crippen LogP contribution in [0, 0.1) is 0 Å². The number of anilines is 1. The van der Waals surface area contributed by atoms with E-state index in [-0.39, 0.29) is 17.5 Å². The highest BCUT2D eigenvalue weighted by molar-refractivity contribution is 6.20. The van der Waals surface area contributed by atoms with Crippen LogP contribution in [0.1, 0.15) is 26.5 Å². The molecule has 1 amide bonds. The molecule has 1 heterocycles. The molecule has 0 unspecified atom stereocenters. The molecule has 0 radical (unpaired) electrons. The zero-order chi connectivity index (χ0) is 22.1. The van der Waals surface area contributed by atoms with Crippen LogP contribution in [-0.4, -0.2) is 18.8 Å². The summed E-state index contributed by atoms with van der Waals surface area (Å²) in [6.07, 6.45) is 0. The van der Waals surface area contributed by atoms with Crippen LogP contribution in [0.4, 0.5) is 5.69 Å². The number of carbonyl (C=O) groups is 2. The molecule has 0 saturated heterocycles. The second-order valence-corrected chi connectivity index (χ2v) is 7.34. The number of methoxy groups -OCH3 is 1. The van der Waals surface area contributed by atoms with Crippen LogP contribution >= 0.6 is 0 Å². The number of para-hydroxylation sites is 1. The molecular weight excluding hydrogens is 402 g/mol. The first-order chi connectivity index (χ1) is 15.7. The molecule has 0 atom stereocenters. The lowest BCUT2D eigenvalue weighted by molar-refractivity contribution is 0.101. The molecule has 1 aromatic heterocycles. The minimum Gasteiger partial charge on any atom is -0.497 e. The van der Waals surface area contributed by atoms with Gasteiger partial charge in [0, 0.05) is 16.5 Å². The average Bonchev–Trinajstić information content (AvgIpc) is 3.21. The standard InChI is InChI=1S/C27H19NO4/c1-31-19-15-13-18(14-16-19)25(29)26-24(22-10-4-5-12-23(22)32-26)28-27(30)21-11-6-8-17-7-2-3-9-20(17)21/h2-16H,1H3,(H,28,30). The van der Waals surface area contributed by atoms with Crippen molar-refractivity contribution in [2.45, 2.75) is 0 Å². The van der Waals surface area contributed by atoms with E-state index in [0.717, 1.165) is 10.8 Å². The molecule has 0 bridgehead atoms. The third-order valence-electron chi connectivity index (χ3n) is 5.43. The van der Waals surface area contributed by atoms with Crippen molar-refractivity contribution in [1.29, 1.82) is 0 Å². The summed E-state index contributed by atoms with van der Waals surface area (Å²) in [5.74, 6) is 0.106. The minimum absolute atomic E-state index is 0.0879. The number of rotatable bonds is 5. The fourth-order valence-corrected chi connectivity index (χ4v) is 3.81. The summed E-state index contributed by atoms with van der Waals surface area (Å²) in [6.45, 7) is 0. The van der Waals surface area contributed by atoms with Crippen molar-refractivity contribution < 1.29 is 18.7 Å². The van der Waals surface area contributed by atoms with Gasteiger partial charge in [0.2, 0.25) is 5.78 Å². The van der Waals surface area contributed by atoms with Gasteiger partial charge in [-0.3, -0.25) is 9.59 Å². The van der Waals surface area contributed by atoms with Crippen LogP contribution in [-0.2, 0) is 0 Å². The highest BCUT2D eigenvalue weighted by atomic mass is 16.5. The van der Waals surface area contributed by atoms with E-state index >= 15 is 0 Å². The zero-order valence-electron chi connectivity index (χ0n) is 17.3. The van der Waals surface area contributed by atoms with Gasteiger partial charge in [0.1, 0.15) is 11.3 Å². The van der Waals surface area contributed by atoms with Gasteiger partial charge in [-0.15, -0.1) is 0 Å². The third kappa shape index (κ3) is 3.40. The second-order valence-electron chi connectivity index (χ2n) is 7.34. The number of ketones is 1. The van der Waals surface area contributed by atoms with E-state index in [4.69, 9.17) is 9.15 Å². The van der Waals surface area contributed by atoms with Crippen LogP contribution in [0.2, 0.25) is 0 Å². The van der Waals surface area contributed by atoms with Crippen molar-refractivity contribution in [2.24, 2.45) is 0 Å². The quantitative estimate of drug-likeness (QED) is 0.349. The van der Waals surface area contributed by atoms with Crippen molar-refractivity contribution in [2.75, 3.05) is 12.4 Å². The average molecular weight is 421 g/mol. The van der Waals surface area contributed by atoms with Crippen LogP contribution in [0.15, 0.2) is 95.4 Å². The highest BCUT2D eigenvalue weighted by Crippen LogP contribution is 2.33. The van der Waals surface area contributed by atoms with E-state index in [9.17, 15) is 9.59 Å². The lowest BCUT2D eigenvalue weighted by Crippen LogP contribution is -2.14. The number of nitrogens with one attached hydrogen (secondary N) is 1. The van der Waals surface area contributed by atoms with E-state index in [2.05, 4.69) is 5.32 Å². The topological polar surface area (TPSA) is 68.5 Å². The smallest absolute Gasteiger partial charge is 0.256 e. The molecule has 0 aliphatic carbocycles. The Morgan fingerprint density at radius 1 is 0.781 bits per heavy atom. The Hall–Kier alpha value is -4.38. The Bertz CT molecular complexity index is 1460. The maximum atomic E-state index is 13.3. The number of hydrogen-bond donors (Lipinski definition) is 1. The molecule has 5 aromatic rings. The molecule has 0 aliphatic heterocycles. The number of ether oxygens (including phenoxy) is 1. The molecule has 4 aromatic carbocycles. The molecule has 1 N–H and O–H groups in total. The first-order valence-electron chi connectivity index (χ1n) is 10.1. The molecule has 5 nitrogen and oxygen atoms in total. The van der Waals surface area contributed by atoms with E-state index in [0.29, 0.717) is 33.5 Å². The predicted octanol–water partition coefficient (Wildman–Crippen LogP) is 6.08. The van der Waals surface area contributed by atoms with Crippen LogP contribution in [0.5, 0.6) is 5.75 Å². The van der Waals surface area contributed by atoms with E-state index in [1.54, 1.807) is 43.5 Å². The summed E-state index contributed by atoms with van der Waals surface area (Å²) >= 11 is 0. The third-order valence-corrected chi connectivity index (χ3v) is 5.43. The minimum atomic E-state index is -0.322. The molecule has 5 heteroatoms. The van der Waals surface area contributed by atoms with Gasteiger partial charge in [-0.05, 0) is 53.2 Å². The molecule has 0 saturated carbocycles. The van der Waals surface area contributed by atoms with Crippen molar-refractivity contribution >= 4 is 39.1 Å². The van der Waals surface area contributed by atoms with Gasteiger partial charge in [-0.1, -0.05) is 48.5 Å². The van der Waals surface area contributed by atoms with Crippen LogP contribution < -0.4 is 10.1 Å². The number of benzene rings is 4. The van der Waals surface area contributed by atoms with Gasteiger partial charge in [0.15, 0.2) is 5.76 Å². The molecular formula is C27H19NO4. The van der Waals surface area contributed by atoms with Crippen LogP contribution in [0.25, 0.3) is 21.7 Å². The number of furan rings is 1. The summed E-state index contributed by atoms with van der Waals surface area (Å²) < 4.78 is 11.1. The first kappa shape index (κ1) is 19.6. The SMILES string of the molecule is COc1ccc(C(=O)c2oc3ccccc3c2NC(=O)c2cccc3ccccc23)cc1. The van der Waals surface area contributed by atoms with Crippen molar-refractivity contribution in [3.63, 3.8) is 0 Å². The van der Waals surface area contributed by atoms with Gasteiger partial charge in [0.25, 0.3) is 5.91 Å². The summed E-state index contributed by atoms with van der Waals surface area (Å²) in [7, 11) is 1.57. The summed E-state index contributed by atoms with van der Waals surface area (Å²) in [4.78, 5) is 26.6. The molecule has 5 rings (SSSR count). The lowest BCUT2D eigenvalue weighted by atomic mass is 10.0. The molecule has 32 heavy (non-hydrogen) atoms. The van der Waals surface area contributed by atoms with E-state index in [1.807, 2.05) is 54.6 Å². The van der Waals surface area contributed by atoms with Crippen molar-refractivity contribution in [3.05, 3.63) is 108 Å². The Morgan fingerprint density at radius 3 is 2.25 bits per heavy atom. The van der Waals surface area contributed by atoms with Gasteiger partial charge in [-0.25, -0.2) is 0 Å². The number of carbonyl (C=O) groups excluding carboxylic acids is 2. The van der Waals surface area contributed by atoms with E-state index in [1.165, 1.54) is 0 Å². The number of fused-ring (bicyclic) bond motifs is 2. The summed E-state index contributed by atoms with van der Waals surface area (Å²) in [6, 6.07) is 27.3. The second kappa shape index (κ2) is 8.04. The Morgan fingerprint density at radius 2 is 1.47 bits per heavy atom. The fourth-order valence-electron chi connectivity index (χ4n) is 3.81. The first-order valence-corrected chi connectivity index (χ1v) is 10.1. The van der Waals surface area contributed by atoms with Crippen molar-refractivity contribution in [3.8, 4) is 5.75 Å². The Labute approximate surface area is 184 Å². The predicted molar refractivity (Wildman–Crippen MR) is 125 cm³/mol. The Balaban J connectivity index is 1.58. The summed E-state index contributed by atoms with van der Waals surface area (Å²) in [5.41, 5.74) is 1.85. The van der Waals surface area contributed by atoms with Gasteiger partial charge >= 0.3 is 0 Å². The number of amides is 1. The number of hydrogen-bond acceptors (Lipinski definition) is 4. The summed E-state index contributed by atoms with van der Waals surface area (Å²) in [5, 5.41) is 5.40. The molecule has 156 valence electrons. The van der Waals surface area contributed by atoms with Crippen molar-refractivity contribution in [1.82, 2.24) is 0 Å². The largest absolute Gasteiger partial charge is 0.497 e. The monoisotopic (exact) mass is 421 g/mol. The maximum absolute atomic E-state index is 13.3. The normalized spacial score (nSPS) is 10.9. The van der Waals surface area contributed by atoms with Gasteiger partial charge in [-0.2, -0.15) is 0 Å². The molecule has 0 fully saturated rings. The molecule has 0 aliphatic rings. The fraction of sp³-hybridized carbons (Fsp3) is 0.0370.